The van der Waals surface area contributed by atoms with Crippen molar-refractivity contribution < 1.29 is 0 Å². The molecule has 0 aromatic carbocycles. The Kier molecular flexibility index (Phi) is 15.7. The molecule has 0 amide bonds. The molecule has 0 aromatic heterocycles. The highest BCUT2D eigenvalue weighted by atomic mass is 79.9. The minimum atomic E-state index is 0. The lowest BCUT2D eigenvalue weighted by atomic mass is 10.4. The van der Waals surface area contributed by atoms with Crippen LogP contribution in [-0.4, -0.2) is 46.5 Å². The summed E-state index contributed by atoms with van der Waals surface area (Å²) in [5.74, 6) is 1.33. The molecule has 0 aliphatic carbocycles. The molecule has 0 radical (unpaired) electrons. The van der Waals surface area contributed by atoms with Gasteiger partial charge in [-0.15, -0.1) is 35.6 Å². The van der Waals surface area contributed by atoms with Crippen LogP contribution >= 0.6 is 67.5 Å². The van der Waals surface area contributed by atoms with Crippen molar-refractivity contribution >= 4 is 67.5 Å². The summed E-state index contributed by atoms with van der Waals surface area (Å²) in [6.07, 6.45) is 0. The van der Waals surface area contributed by atoms with Gasteiger partial charge in [0.25, 0.3) is 0 Å². The highest BCUT2D eigenvalue weighted by molar-refractivity contribution is 9.12. The Labute approximate surface area is 113 Å². The van der Waals surface area contributed by atoms with Gasteiger partial charge in [0.15, 0.2) is 0 Å². The van der Waals surface area contributed by atoms with E-state index < -0.39 is 0 Å². The van der Waals surface area contributed by atoms with Crippen LogP contribution in [0.4, 0.5) is 0 Å². The third kappa shape index (κ3) is 10.1. The van der Waals surface area contributed by atoms with Crippen molar-refractivity contribution in [1.82, 2.24) is 4.90 Å². The quantitative estimate of drug-likeness (QED) is 0.615. The molecule has 1 nitrogen and oxygen atoms in total. The molecular formula is C7H14Br2Cl3N. The first-order valence-electron chi connectivity index (χ1n) is 3.79. The van der Waals surface area contributed by atoms with Crippen LogP contribution in [0, 0.1) is 0 Å². The number of alkyl halides is 4. The molecule has 0 heterocycles. The van der Waals surface area contributed by atoms with Gasteiger partial charge in [0.1, 0.15) is 0 Å². The molecule has 0 aliphatic heterocycles. The molecule has 0 aromatic rings. The number of rotatable bonds is 7. The van der Waals surface area contributed by atoms with Crippen molar-refractivity contribution in [2.45, 2.75) is 4.83 Å². The van der Waals surface area contributed by atoms with Crippen LogP contribution in [-0.2, 0) is 0 Å². The van der Waals surface area contributed by atoms with E-state index in [1.807, 2.05) is 0 Å². The van der Waals surface area contributed by atoms with Crippen molar-refractivity contribution in [2.24, 2.45) is 0 Å². The SMILES string of the molecule is Cl.ClCCN(CCCl)CC(Br)CBr. The number of halogens is 5. The second-order valence-corrected chi connectivity index (χ2v) is 5.13. The predicted octanol–water partition coefficient (Wildman–Crippen LogP) is 3.35. The Morgan fingerprint density at radius 2 is 1.62 bits per heavy atom. The first kappa shape index (κ1) is 17.2. The van der Waals surface area contributed by atoms with Gasteiger partial charge in [-0.25, -0.2) is 0 Å². The zero-order chi connectivity index (χ0) is 9.40. The molecule has 0 fully saturated rings. The van der Waals surface area contributed by atoms with Crippen LogP contribution in [0.2, 0.25) is 0 Å². The molecule has 0 aliphatic rings. The highest BCUT2D eigenvalue weighted by Gasteiger charge is 2.08. The fraction of sp³-hybridized carbons (Fsp3) is 1.00. The van der Waals surface area contributed by atoms with E-state index in [0.717, 1.165) is 25.0 Å². The smallest absolute Gasteiger partial charge is 0.0370 e. The van der Waals surface area contributed by atoms with Gasteiger partial charge in [0.05, 0.1) is 0 Å². The zero-order valence-corrected chi connectivity index (χ0v) is 12.7. The van der Waals surface area contributed by atoms with Gasteiger partial charge < -0.3 is 0 Å². The van der Waals surface area contributed by atoms with Gasteiger partial charge >= 0.3 is 0 Å². The summed E-state index contributed by atoms with van der Waals surface area (Å²) in [5.41, 5.74) is 0. The van der Waals surface area contributed by atoms with E-state index in [9.17, 15) is 0 Å². The monoisotopic (exact) mass is 375 g/mol. The molecular weight excluding hydrogens is 364 g/mol. The van der Waals surface area contributed by atoms with Gasteiger partial charge in [0.2, 0.25) is 0 Å². The van der Waals surface area contributed by atoms with Crippen LogP contribution in [0.15, 0.2) is 0 Å². The van der Waals surface area contributed by atoms with E-state index >= 15 is 0 Å². The van der Waals surface area contributed by atoms with Crippen LogP contribution in [0.5, 0.6) is 0 Å². The van der Waals surface area contributed by atoms with Gasteiger partial charge in [-0.2, -0.15) is 0 Å². The summed E-state index contributed by atoms with van der Waals surface area (Å²) in [4.78, 5) is 2.73. The predicted molar refractivity (Wildman–Crippen MR) is 71.6 cm³/mol. The van der Waals surface area contributed by atoms with E-state index in [1.54, 1.807) is 0 Å². The maximum Gasteiger partial charge on any atom is 0.0370 e. The Morgan fingerprint density at radius 1 is 1.15 bits per heavy atom. The normalized spacial score (nSPS) is 12.7. The Balaban J connectivity index is 0. The van der Waals surface area contributed by atoms with Crippen LogP contribution in [0.1, 0.15) is 0 Å². The van der Waals surface area contributed by atoms with Gasteiger partial charge in [-0.05, 0) is 0 Å². The van der Waals surface area contributed by atoms with Crippen molar-refractivity contribution in [2.75, 3.05) is 36.7 Å². The van der Waals surface area contributed by atoms with E-state index in [-0.39, 0.29) is 12.4 Å². The minimum Gasteiger partial charge on any atom is -0.300 e. The summed E-state index contributed by atoms with van der Waals surface area (Å²) in [5, 5.41) is 0.952. The average Bonchev–Trinajstić information content (AvgIpc) is 2.05. The summed E-state index contributed by atoms with van der Waals surface area (Å²) in [7, 11) is 0. The average molecular weight is 378 g/mol. The van der Waals surface area contributed by atoms with E-state index in [2.05, 4.69) is 36.8 Å². The Bertz CT molecular complexity index is 102. The maximum absolute atomic E-state index is 5.65. The molecule has 6 heteroatoms. The molecule has 0 bridgehead atoms. The van der Waals surface area contributed by atoms with E-state index in [4.69, 9.17) is 23.2 Å². The fourth-order valence-corrected chi connectivity index (χ4v) is 1.95. The number of hydrogen-bond acceptors (Lipinski definition) is 1. The van der Waals surface area contributed by atoms with Crippen molar-refractivity contribution in [3.63, 3.8) is 0 Å². The van der Waals surface area contributed by atoms with Crippen molar-refractivity contribution in [3.8, 4) is 0 Å². The van der Waals surface area contributed by atoms with Gasteiger partial charge in [-0.1, -0.05) is 31.9 Å². The van der Waals surface area contributed by atoms with Crippen molar-refractivity contribution in [1.29, 1.82) is 0 Å². The largest absolute Gasteiger partial charge is 0.300 e. The number of hydrogen-bond donors (Lipinski definition) is 0. The second kappa shape index (κ2) is 11.9. The summed E-state index contributed by atoms with van der Waals surface area (Å²) in [6.45, 7) is 2.80. The lowest BCUT2D eigenvalue weighted by Crippen LogP contribution is -2.33. The zero-order valence-electron chi connectivity index (χ0n) is 7.19. The third-order valence-corrected chi connectivity index (χ3v) is 4.03. The van der Waals surface area contributed by atoms with Crippen LogP contribution in [0.25, 0.3) is 0 Å². The fourth-order valence-electron chi connectivity index (χ4n) is 0.862. The third-order valence-electron chi connectivity index (χ3n) is 1.43. The van der Waals surface area contributed by atoms with Crippen LogP contribution < -0.4 is 0 Å². The topological polar surface area (TPSA) is 3.24 Å². The van der Waals surface area contributed by atoms with E-state index in [1.165, 1.54) is 0 Å². The summed E-state index contributed by atoms with van der Waals surface area (Å²) >= 11 is 18.2. The summed E-state index contributed by atoms with van der Waals surface area (Å²) in [6, 6.07) is 0. The Morgan fingerprint density at radius 3 is 1.92 bits per heavy atom. The highest BCUT2D eigenvalue weighted by Crippen LogP contribution is 2.06. The molecule has 0 spiro atoms. The van der Waals surface area contributed by atoms with Crippen molar-refractivity contribution in [3.05, 3.63) is 0 Å². The van der Waals surface area contributed by atoms with Gasteiger partial charge in [0, 0.05) is 41.6 Å². The first-order chi connectivity index (χ1) is 5.74. The van der Waals surface area contributed by atoms with Gasteiger partial charge in [-0.3, -0.25) is 4.90 Å². The number of nitrogens with zero attached hydrogens (tertiary/aromatic N) is 1. The summed E-state index contributed by atoms with van der Waals surface area (Å²) < 4.78 is 0. The van der Waals surface area contributed by atoms with E-state index in [0.29, 0.717) is 16.6 Å². The maximum atomic E-state index is 5.65. The van der Waals surface area contributed by atoms with Crippen LogP contribution in [0.3, 0.4) is 0 Å². The standard InChI is InChI=1S/C7H13Br2Cl2N.ClH/c8-5-7(9)6-12(3-1-10)4-2-11;/h7H,1-6H2;1H. The molecule has 82 valence electrons. The molecule has 0 N–H and O–H groups in total. The Hall–Kier alpha value is 1.79. The molecule has 1 atom stereocenters. The lowest BCUT2D eigenvalue weighted by molar-refractivity contribution is 0.314. The molecule has 0 saturated carbocycles. The molecule has 1 unspecified atom stereocenters. The molecule has 13 heavy (non-hydrogen) atoms. The minimum absolute atomic E-state index is 0. The molecule has 0 rings (SSSR count). The first-order valence-corrected chi connectivity index (χ1v) is 6.89. The molecule has 0 saturated heterocycles. The lowest BCUT2D eigenvalue weighted by Gasteiger charge is -2.21. The second-order valence-electron chi connectivity index (χ2n) is 2.43.